The third kappa shape index (κ3) is 5.06. The zero-order chi connectivity index (χ0) is 32.6. The van der Waals surface area contributed by atoms with Crippen LogP contribution in [-0.4, -0.2) is 64.1 Å². The van der Waals surface area contributed by atoms with E-state index < -0.39 is 10.0 Å². The van der Waals surface area contributed by atoms with Gasteiger partial charge in [0, 0.05) is 59.8 Å². The Balaban J connectivity index is 1.21. The van der Waals surface area contributed by atoms with Crippen molar-refractivity contribution >= 4 is 43.7 Å². The van der Waals surface area contributed by atoms with Gasteiger partial charge in [0.2, 0.25) is 0 Å². The number of nitrogens with one attached hydrogen (secondary N) is 1. The molecule has 2 aliphatic carbocycles. The summed E-state index contributed by atoms with van der Waals surface area (Å²) < 4.78 is 36.8. The Labute approximate surface area is 273 Å². The van der Waals surface area contributed by atoms with Gasteiger partial charge in [-0.1, -0.05) is 18.7 Å². The number of imidazole rings is 1. The molecule has 242 valence electrons. The third-order valence-corrected chi connectivity index (χ3v) is 11.0. The van der Waals surface area contributed by atoms with Gasteiger partial charge in [0.05, 0.1) is 24.0 Å². The van der Waals surface area contributed by atoms with Crippen LogP contribution in [0.1, 0.15) is 36.0 Å². The van der Waals surface area contributed by atoms with E-state index >= 15 is 0 Å². The molecule has 3 aliphatic rings. The number of hydrogen-bond donors (Lipinski definition) is 2. The number of hydrogen-bond acceptors (Lipinski definition) is 7. The lowest BCUT2D eigenvalue weighted by molar-refractivity contribution is 0.0700. The first-order valence-electron chi connectivity index (χ1n) is 16.0. The third-order valence-electron chi connectivity index (χ3n) is 10.1. The van der Waals surface area contributed by atoms with E-state index in [0.29, 0.717) is 40.9 Å². The second kappa shape index (κ2) is 11.0. The molecule has 3 aromatic heterocycles. The minimum Gasteiger partial charge on any atom is -0.494 e. The zero-order valence-corrected chi connectivity index (χ0v) is 27.2. The highest BCUT2D eigenvalue weighted by Crippen LogP contribution is 2.40. The van der Waals surface area contributed by atoms with Crippen molar-refractivity contribution in [1.82, 2.24) is 24.0 Å². The van der Waals surface area contributed by atoms with Gasteiger partial charge in [0.25, 0.3) is 15.9 Å². The summed E-state index contributed by atoms with van der Waals surface area (Å²) in [6, 6.07) is 17.1. The van der Waals surface area contributed by atoms with Crippen LogP contribution < -0.4 is 15.2 Å². The minimum atomic E-state index is -3.64. The van der Waals surface area contributed by atoms with E-state index in [2.05, 4.69) is 21.9 Å². The molecule has 4 heterocycles. The highest BCUT2D eigenvalue weighted by Gasteiger charge is 2.47. The Morgan fingerprint density at radius 2 is 1.94 bits per heavy atom. The number of ether oxygens (including phenoxy) is 1. The molecule has 2 saturated carbocycles. The van der Waals surface area contributed by atoms with Crippen LogP contribution in [-0.2, 0) is 23.6 Å². The summed E-state index contributed by atoms with van der Waals surface area (Å²) in [5.74, 6) is 2.25. The molecule has 0 radical (unpaired) electrons. The number of amides is 1. The predicted molar refractivity (Wildman–Crippen MR) is 182 cm³/mol. The van der Waals surface area contributed by atoms with Crippen molar-refractivity contribution in [2.75, 3.05) is 18.4 Å². The number of methoxy groups -OCH3 is 1. The fourth-order valence-electron chi connectivity index (χ4n) is 7.43. The lowest BCUT2D eigenvalue weighted by Gasteiger charge is -2.27. The molecule has 1 aliphatic heterocycles. The van der Waals surface area contributed by atoms with E-state index in [1.165, 1.54) is 0 Å². The Morgan fingerprint density at radius 1 is 1.11 bits per heavy atom. The van der Waals surface area contributed by atoms with Gasteiger partial charge in [0.15, 0.2) is 5.82 Å². The fourth-order valence-corrected chi connectivity index (χ4v) is 7.97. The SMILES string of the molecule is C=CS(=O)(=O)Nc1cccc(-c2ccc3cc(-c4nc5cc(C(=O)N6C[C@H]7CC[C@@H]6[C@@H]7N)cc(OC)c5n4C)n(CC4CC4)c3n2)c1. The van der Waals surface area contributed by atoms with Crippen LogP contribution in [0.2, 0.25) is 0 Å². The molecule has 0 spiro atoms. The smallest absolute Gasteiger partial charge is 0.254 e. The summed E-state index contributed by atoms with van der Waals surface area (Å²) in [6.07, 6.45) is 4.35. The minimum absolute atomic E-state index is 0.0269. The number of nitrogens with zero attached hydrogens (tertiary/aromatic N) is 5. The van der Waals surface area contributed by atoms with Crippen LogP contribution in [0.3, 0.4) is 0 Å². The fraction of sp³-hybridized carbons (Fsp3) is 0.343. The molecule has 3 atom stereocenters. The average molecular weight is 652 g/mol. The van der Waals surface area contributed by atoms with Crippen molar-refractivity contribution in [3.63, 3.8) is 0 Å². The van der Waals surface area contributed by atoms with E-state index in [-0.39, 0.29) is 18.0 Å². The molecule has 3 N–H and O–H groups in total. The van der Waals surface area contributed by atoms with E-state index in [9.17, 15) is 13.2 Å². The van der Waals surface area contributed by atoms with E-state index in [4.69, 9.17) is 20.4 Å². The molecule has 0 unspecified atom stereocenters. The predicted octanol–water partition coefficient (Wildman–Crippen LogP) is 5.12. The molecule has 5 aromatic rings. The lowest BCUT2D eigenvalue weighted by Crippen LogP contribution is -2.41. The molecule has 1 saturated heterocycles. The van der Waals surface area contributed by atoms with Crippen LogP contribution in [0.4, 0.5) is 5.69 Å². The normalized spacial score (nSPS) is 20.7. The van der Waals surface area contributed by atoms with E-state index in [1.807, 2.05) is 46.8 Å². The van der Waals surface area contributed by atoms with Crippen molar-refractivity contribution < 1.29 is 17.9 Å². The summed E-state index contributed by atoms with van der Waals surface area (Å²) in [6.45, 7) is 4.88. The maximum Gasteiger partial charge on any atom is 0.254 e. The molecule has 47 heavy (non-hydrogen) atoms. The molecular formula is C35H37N7O4S. The summed E-state index contributed by atoms with van der Waals surface area (Å²) in [4.78, 5) is 25.9. The number of piperidine rings is 1. The molecular weight excluding hydrogens is 614 g/mol. The van der Waals surface area contributed by atoms with Crippen molar-refractivity contribution in [2.45, 2.75) is 44.3 Å². The lowest BCUT2D eigenvalue weighted by atomic mass is 10.1. The first kappa shape index (κ1) is 29.7. The van der Waals surface area contributed by atoms with Gasteiger partial charge in [-0.2, -0.15) is 0 Å². The number of anilines is 1. The standard InChI is InChI=1S/C35H37N7O4S/c1-4-47(44,45)39-25-7-5-6-21(14-25)26-12-10-22-16-29(41(33(22)37-26)18-20-8-9-20)34-38-27-15-24(17-30(46-3)32(27)40(34)2)35(43)42-19-23-11-13-28(42)31(23)36/h4-7,10,12,14-17,20,23,28,31,39H,1,8-9,11,13,18-19,36H2,2-3H3/t23-,28-,31-/m1/s1. The first-order valence-corrected chi connectivity index (χ1v) is 17.6. The number of benzene rings is 2. The highest BCUT2D eigenvalue weighted by atomic mass is 32.2. The summed E-state index contributed by atoms with van der Waals surface area (Å²) >= 11 is 0. The molecule has 3 fully saturated rings. The van der Waals surface area contributed by atoms with Gasteiger partial charge >= 0.3 is 0 Å². The Morgan fingerprint density at radius 3 is 2.64 bits per heavy atom. The molecule has 2 aromatic carbocycles. The van der Waals surface area contributed by atoms with Gasteiger partial charge in [-0.3, -0.25) is 9.52 Å². The van der Waals surface area contributed by atoms with E-state index in [1.54, 1.807) is 25.3 Å². The molecule has 8 rings (SSSR count). The molecule has 2 bridgehead atoms. The van der Waals surface area contributed by atoms with Gasteiger partial charge in [-0.15, -0.1) is 0 Å². The zero-order valence-electron chi connectivity index (χ0n) is 26.4. The summed E-state index contributed by atoms with van der Waals surface area (Å²) in [5, 5.41) is 1.86. The van der Waals surface area contributed by atoms with Gasteiger partial charge in [-0.05, 0) is 80.0 Å². The molecule has 12 heteroatoms. The maximum absolute atomic E-state index is 13.7. The number of carbonyl (C=O) groups is 1. The quantitative estimate of drug-likeness (QED) is 0.226. The average Bonchev–Trinajstić information content (AvgIpc) is 3.47. The Bertz CT molecular complexity index is 2200. The number of aromatic nitrogens is 4. The number of fused-ring (bicyclic) bond motifs is 4. The summed E-state index contributed by atoms with van der Waals surface area (Å²) in [7, 11) is -0.0439. The Hall–Kier alpha value is -4.68. The van der Waals surface area contributed by atoms with Gasteiger partial charge in [-0.25, -0.2) is 18.4 Å². The Kier molecular flexibility index (Phi) is 6.92. The van der Waals surface area contributed by atoms with Gasteiger partial charge < -0.3 is 24.5 Å². The topological polar surface area (TPSA) is 137 Å². The number of aryl methyl sites for hydroxylation is 1. The first-order chi connectivity index (χ1) is 22.6. The number of rotatable bonds is 9. The van der Waals surface area contributed by atoms with Crippen LogP contribution in [0, 0.1) is 11.8 Å². The van der Waals surface area contributed by atoms with Crippen LogP contribution >= 0.6 is 0 Å². The van der Waals surface area contributed by atoms with Crippen molar-refractivity contribution in [2.24, 2.45) is 24.6 Å². The second-order valence-electron chi connectivity index (χ2n) is 13.1. The maximum atomic E-state index is 13.7. The number of carbonyl (C=O) groups excluding carboxylic acids is 1. The molecule has 11 nitrogen and oxygen atoms in total. The van der Waals surface area contributed by atoms with Crippen molar-refractivity contribution in [1.29, 1.82) is 0 Å². The number of nitrogens with two attached hydrogens (primary N) is 1. The summed E-state index contributed by atoms with van der Waals surface area (Å²) in [5.41, 5.74) is 12.2. The van der Waals surface area contributed by atoms with Crippen LogP contribution in [0.25, 0.3) is 44.8 Å². The van der Waals surface area contributed by atoms with Crippen molar-refractivity contribution in [3.05, 3.63) is 72.1 Å². The second-order valence-corrected chi connectivity index (χ2v) is 14.7. The van der Waals surface area contributed by atoms with Crippen LogP contribution in [0.5, 0.6) is 5.75 Å². The largest absolute Gasteiger partial charge is 0.494 e. The highest BCUT2D eigenvalue weighted by molar-refractivity contribution is 7.95. The number of pyridine rings is 1. The number of sulfonamides is 1. The number of likely N-dealkylation sites (tertiary alicyclic amines) is 1. The molecule has 1 amide bonds. The van der Waals surface area contributed by atoms with E-state index in [0.717, 1.165) is 77.0 Å². The monoisotopic (exact) mass is 651 g/mol. The van der Waals surface area contributed by atoms with Gasteiger partial charge in [0.1, 0.15) is 16.9 Å². The van der Waals surface area contributed by atoms with Crippen molar-refractivity contribution in [3.8, 4) is 28.5 Å². The van der Waals surface area contributed by atoms with Crippen LogP contribution in [0.15, 0.2) is 66.6 Å².